The lowest BCUT2D eigenvalue weighted by molar-refractivity contribution is -0.159. The van der Waals surface area contributed by atoms with Crippen molar-refractivity contribution in [1.29, 1.82) is 0 Å². The maximum Gasteiger partial charge on any atom is 0.345 e. The van der Waals surface area contributed by atoms with E-state index in [0.29, 0.717) is 17.6 Å². The summed E-state index contributed by atoms with van der Waals surface area (Å²) in [5.74, 6) is -3.94. The van der Waals surface area contributed by atoms with Gasteiger partial charge in [0.05, 0.1) is 23.2 Å². The molecule has 292 valence electrons. The molecular weight excluding hydrogens is 763 g/mol. The van der Waals surface area contributed by atoms with Crippen LogP contribution in [0, 0.1) is 11.3 Å². The fourth-order valence-corrected chi connectivity index (χ4v) is 5.36. The first-order chi connectivity index (χ1) is 24.7. The molecule has 1 aliphatic heterocycles. The molecule has 0 bridgehead atoms. The van der Waals surface area contributed by atoms with Gasteiger partial charge < -0.3 is 24.8 Å². The Morgan fingerprint density at radius 3 is 2.38 bits per heavy atom. The topological polar surface area (TPSA) is 165 Å². The Morgan fingerprint density at radius 1 is 1.08 bits per heavy atom. The van der Waals surface area contributed by atoms with Crippen molar-refractivity contribution in [3.63, 3.8) is 0 Å². The molecule has 0 unspecified atom stereocenters. The van der Waals surface area contributed by atoms with Crippen LogP contribution in [0.15, 0.2) is 36.4 Å². The van der Waals surface area contributed by atoms with Crippen molar-refractivity contribution >= 4 is 81.4 Å². The van der Waals surface area contributed by atoms with Gasteiger partial charge in [0.2, 0.25) is 15.6 Å². The van der Waals surface area contributed by atoms with Gasteiger partial charge in [-0.05, 0) is 57.2 Å². The fourth-order valence-electron chi connectivity index (χ4n) is 5.19. The highest BCUT2D eigenvalue weighted by Gasteiger charge is 2.37. The van der Waals surface area contributed by atoms with Crippen molar-refractivity contribution < 1.29 is 47.0 Å². The summed E-state index contributed by atoms with van der Waals surface area (Å²) in [6, 6.07) is 5.35. The number of fused-ring (bicyclic) bond motifs is 1. The van der Waals surface area contributed by atoms with E-state index in [4.69, 9.17) is 44.3 Å². The lowest BCUT2D eigenvalue weighted by Crippen LogP contribution is -2.62. The third kappa shape index (κ3) is 13.6. The predicted molar refractivity (Wildman–Crippen MR) is 195 cm³/mol. The summed E-state index contributed by atoms with van der Waals surface area (Å²) in [4.78, 5) is 69.1. The summed E-state index contributed by atoms with van der Waals surface area (Å²) in [6.07, 6.45) is 3.43. The first-order valence-electron chi connectivity index (χ1n) is 16.8. The number of ether oxygens (including phenoxy) is 3. The van der Waals surface area contributed by atoms with Crippen LogP contribution in [0.4, 0.5) is 8.78 Å². The van der Waals surface area contributed by atoms with Crippen LogP contribution in [0.3, 0.4) is 0 Å². The number of hydrogen-bond donors (Lipinski definition) is 3. The monoisotopic (exact) mass is 805 g/mol. The second-order valence-corrected chi connectivity index (χ2v) is 15.9. The van der Waals surface area contributed by atoms with Crippen LogP contribution in [0.1, 0.15) is 71.7 Å². The van der Waals surface area contributed by atoms with Gasteiger partial charge in [-0.1, -0.05) is 79.0 Å². The van der Waals surface area contributed by atoms with Gasteiger partial charge in [0, 0.05) is 18.9 Å². The van der Waals surface area contributed by atoms with Gasteiger partial charge in [0.1, 0.15) is 30.8 Å². The second-order valence-electron chi connectivity index (χ2n) is 13.4. The molecular formula is C35H44Cl3F2N5O8. The molecule has 0 saturated carbocycles. The van der Waals surface area contributed by atoms with Crippen molar-refractivity contribution in [3.8, 4) is 0 Å². The van der Waals surface area contributed by atoms with E-state index < -0.39 is 88.8 Å². The van der Waals surface area contributed by atoms with Crippen molar-refractivity contribution in [2.45, 2.75) is 89.0 Å². The lowest BCUT2D eigenvalue weighted by atomic mass is 9.89. The smallest absolute Gasteiger partial charge is 0.345 e. The number of nitrogens with zero attached hydrogens (tertiary/aromatic N) is 2. The molecule has 1 fully saturated rings. The van der Waals surface area contributed by atoms with E-state index in [2.05, 4.69) is 25.8 Å². The number of alkyl halides is 5. The molecule has 1 aromatic heterocycles. The number of hydrazine groups is 1. The van der Waals surface area contributed by atoms with Crippen LogP contribution in [0.25, 0.3) is 17.0 Å². The van der Waals surface area contributed by atoms with E-state index in [9.17, 15) is 32.8 Å². The van der Waals surface area contributed by atoms with Crippen molar-refractivity contribution in [3.05, 3.63) is 47.7 Å². The van der Waals surface area contributed by atoms with Crippen molar-refractivity contribution in [1.82, 2.24) is 26.1 Å². The number of amides is 3. The van der Waals surface area contributed by atoms with Crippen LogP contribution in [-0.4, -0.2) is 87.9 Å². The third-order valence-corrected chi connectivity index (χ3v) is 8.46. The minimum absolute atomic E-state index is 0.0703. The van der Waals surface area contributed by atoms with Crippen LogP contribution in [0.2, 0.25) is 0 Å². The molecule has 0 radical (unpaired) electrons. The molecule has 1 aromatic carbocycles. The molecule has 0 aliphatic carbocycles. The van der Waals surface area contributed by atoms with E-state index in [0.717, 1.165) is 16.0 Å². The molecule has 0 spiro atoms. The quantitative estimate of drug-likeness (QED) is 0.162. The van der Waals surface area contributed by atoms with Gasteiger partial charge in [-0.3, -0.25) is 29.0 Å². The predicted octanol–water partition coefficient (Wildman–Crippen LogP) is 5.17. The van der Waals surface area contributed by atoms with Crippen LogP contribution >= 0.6 is 34.8 Å². The SMILES string of the molecule is CC(=O)O[C@H](C)c1ccc2ccc(C=CC(C)(C)C(=O)N[C@H](C(=O)N[C@@H](COC(F)F)C(=O)N3CCC[C@@H](C(=O)OCC(Cl)(Cl)Cl)N3)C(C)C)cc2n1. The number of pyridine rings is 1. The first-order valence-corrected chi connectivity index (χ1v) is 17.9. The van der Waals surface area contributed by atoms with Crippen LogP contribution in [-0.2, 0) is 38.2 Å². The van der Waals surface area contributed by atoms with E-state index >= 15 is 0 Å². The summed E-state index contributed by atoms with van der Waals surface area (Å²) in [7, 11) is 0. The molecule has 3 rings (SSSR count). The van der Waals surface area contributed by atoms with Crippen LogP contribution in [0.5, 0.6) is 0 Å². The summed E-state index contributed by atoms with van der Waals surface area (Å²) in [6.45, 7) is 5.04. The second kappa shape index (κ2) is 19.1. The molecule has 4 atom stereocenters. The average Bonchev–Trinajstić information content (AvgIpc) is 3.08. The summed E-state index contributed by atoms with van der Waals surface area (Å²) >= 11 is 16.9. The zero-order valence-corrected chi connectivity index (χ0v) is 32.4. The Labute approximate surface area is 321 Å². The summed E-state index contributed by atoms with van der Waals surface area (Å²) in [5.41, 5.74) is 3.48. The minimum Gasteiger partial charge on any atom is -0.460 e. The standard InChI is InChI=1S/C35H44Cl3F2N5O8/c1-19(2)28(29(47)42-27(17-51-33(39)40)30(48)45-15-7-8-25(44-45)31(49)52-18-35(36,37)38)43-32(50)34(5,6)14-13-22-9-10-23-11-12-24(41-26(23)16-22)20(3)53-21(4)46/h9-14,16,19-20,25,27-28,33,44H,7-8,15,17-18H2,1-6H3,(H,42,47)(H,43,50)/t20-,25+,27+,28+/m1/s1. The van der Waals surface area contributed by atoms with Gasteiger partial charge in [-0.2, -0.15) is 8.78 Å². The van der Waals surface area contributed by atoms with Gasteiger partial charge >= 0.3 is 18.6 Å². The number of halogens is 5. The van der Waals surface area contributed by atoms with E-state index in [1.165, 1.54) is 6.92 Å². The highest BCUT2D eigenvalue weighted by Crippen LogP contribution is 2.27. The molecule has 2 heterocycles. The molecule has 13 nitrogen and oxygen atoms in total. The number of carbonyl (C=O) groups is 5. The van der Waals surface area contributed by atoms with Gasteiger partial charge in [-0.15, -0.1) is 0 Å². The third-order valence-electron chi connectivity index (χ3n) is 8.13. The number of rotatable bonds is 15. The number of nitrogens with one attached hydrogen (secondary N) is 3. The normalized spacial score (nSPS) is 17.1. The Bertz CT molecular complexity index is 1670. The Kier molecular flexibility index (Phi) is 15.8. The zero-order valence-electron chi connectivity index (χ0n) is 30.1. The number of benzene rings is 1. The maximum absolute atomic E-state index is 13.6. The molecule has 18 heteroatoms. The summed E-state index contributed by atoms with van der Waals surface area (Å²) < 4.78 is 38.9. The average molecular weight is 807 g/mol. The van der Waals surface area contributed by atoms with Crippen molar-refractivity contribution in [2.75, 3.05) is 19.8 Å². The van der Waals surface area contributed by atoms with Gasteiger partial charge in [0.25, 0.3) is 5.91 Å². The maximum atomic E-state index is 13.6. The highest BCUT2D eigenvalue weighted by atomic mass is 35.6. The highest BCUT2D eigenvalue weighted by molar-refractivity contribution is 6.67. The Morgan fingerprint density at radius 2 is 1.75 bits per heavy atom. The van der Waals surface area contributed by atoms with E-state index in [1.807, 2.05) is 24.3 Å². The van der Waals surface area contributed by atoms with Gasteiger partial charge in [-0.25, -0.2) is 10.4 Å². The molecule has 1 aliphatic rings. The fraction of sp³-hybridized carbons (Fsp3) is 0.543. The largest absolute Gasteiger partial charge is 0.460 e. The molecule has 1 saturated heterocycles. The summed E-state index contributed by atoms with van der Waals surface area (Å²) in [5, 5.41) is 7.01. The zero-order chi connectivity index (χ0) is 39.7. The van der Waals surface area contributed by atoms with Crippen molar-refractivity contribution in [2.24, 2.45) is 11.3 Å². The molecule has 3 N–H and O–H groups in total. The number of hydrogen-bond acceptors (Lipinski definition) is 10. The molecule has 2 aromatic rings. The molecule has 53 heavy (non-hydrogen) atoms. The lowest BCUT2D eigenvalue weighted by Gasteiger charge is -2.35. The van der Waals surface area contributed by atoms with Gasteiger partial charge in [0.15, 0.2) is 0 Å². The first kappa shape index (κ1) is 43.8. The number of carbonyl (C=O) groups excluding carboxylic acids is 5. The molecule has 3 amide bonds. The van der Waals surface area contributed by atoms with E-state index in [-0.39, 0.29) is 13.0 Å². The number of aromatic nitrogens is 1. The van der Waals surface area contributed by atoms with Crippen LogP contribution < -0.4 is 16.1 Å². The number of esters is 2. The Hall–Kier alpha value is -3.63. The minimum atomic E-state index is -3.25. The van der Waals surface area contributed by atoms with E-state index in [1.54, 1.807) is 52.8 Å². The Balaban J connectivity index is 1.72.